The van der Waals surface area contributed by atoms with Gasteiger partial charge in [0.15, 0.2) is 0 Å². The molecule has 1 heteroatoms. The first-order chi connectivity index (χ1) is 15.1. The third-order valence-corrected chi connectivity index (χ3v) is 6.17. The summed E-state index contributed by atoms with van der Waals surface area (Å²) in [5, 5.41) is 0. The molecule has 0 atom stereocenters. The van der Waals surface area contributed by atoms with E-state index >= 15 is 0 Å². The molecule has 4 aromatic carbocycles. The zero-order valence-electron chi connectivity index (χ0n) is 19.9. The first kappa shape index (κ1) is 26.3. The average molecular weight is 498 g/mol. The van der Waals surface area contributed by atoms with E-state index < -0.39 is 0 Å². The molecule has 0 saturated heterocycles. The number of aryl methyl sites for hydroxylation is 2. The number of rotatable bonds is 0. The molecule has 4 aromatic rings. The van der Waals surface area contributed by atoms with Gasteiger partial charge in [0.1, 0.15) is 0 Å². The molecule has 0 radical (unpaired) electrons. The molecule has 0 amide bonds. The van der Waals surface area contributed by atoms with Gasteiger partial charge in [-0.05, 0) is 6.42 Å². The Kier molecular flexibility index (Phi) is 11.1. The van der Waals surface area contributed by atoms with Gasteiger partial charge < -0.3 is 6.42 Å². The summed E-state index contributed by atoms with van der Waals surface area (Å²) in [5.74, 6) is 0. The SMILES string of the molecule is Cc1[cH-]c(C)c(C)c1C.[CH-]1CCC1.[Zr+4].[c-]1cccc2c1Cc1ccccc1-2.c1cc[cH-]c1. The number of fused-ring (bicyclic) bond motifs is 3. The summed E-state index contributed by atoms with van der Waals surface area (Å²) >= 11 is 0. The van der Waals surface area contributed by atoms with Gasteiger partial charge in [-0.2, -0.15) is 89.2 Å². The monoisotopic (exact) mass is 496 g/mol. The van der Waals surface area contributed by atoms with Crippen LogP contribution in [0, 0.1) is 40.2 Å². The Morgan fingerprint density at radius 2 is 1.31 bits per heavy atom. The quantitative estimate of drug-likeness (QED) is 0.188. The zero-order chi connectivity index (χ0) is 22.1. The first-order valence-electron chi connectivity index (χ1n) is 11.3. The predicted molar refractivity (Wildman–Crippen MR) is 135 cm³/mol. The molecule has 2 aliphatic rings. The van der Waals surface area contributed by atoms with Crippen LogP contribution in [0.3, 0.4) is 0 Å². The first-order valence-corrected chi connectivity index (χ1v) is 11.3. The van der Waals surface area contributed by atoms with E-state index in [9.17, 15) is 0 Å². The van der Waals surface area contributed by atoms with Crippen LogP contribution in [-0.2, 0) is 32.6 Å². The Labute approximate surface area is 214 Å². The van der Waals surface area contributed by atoms with Gasteiger partial charge in [0.25, 0.3) is 0 Å². The smallest absolute Gasteiger partial charge is 0.329 e. The summed E-state index contributed by atoms with van der Waals surface area (Å²) < 4.78 is 0. The van der Waals surface area contributed by atoms with Gasteiger partial charge in [0, 0.05) is 0 Å². The fraction of sp³-hybridized carbons (Fsp3) is 0.258. The summed E-state index contributed by atoms with van der Waals surface area (Å²) in [4.78, 5) is 0. The molecule has 2 aliphatic carbocycles. The predicted octanol–water partition coefficient (Wildman–Crippen LogP) is 8.47. The Morgan fingerprint density at radius 3 is 1.78 bits per heavy atom. The number of hydrogen-bond donors (Lipinski definition) is 0. The normalized spacial score (nSPS) is 12.1. The average Bonchev–Trinajstić information content (AvgIpc) is 3.47. The molecule has 32 heavy (non-hydrogen) atoms. The molecule has 162 valence electrons. The molecule has 1 fully saturated rings. The minimum Gasteiger partial charge on any atom is -0.329 e. The molecule has 0 bridgehead atoms. The van der Waals surface area contributed by atoms with Crippen molar-refractivity contribution >= 4 is 0 Å². The van der Waals surface area contributed by atoms with Crippen LogP contribution < -0.4 is 0 Å². The van der Waals surface area contributed by atoms with Crippen molar-refractivity contribution in [1.29, 1.82) is 0 Å². The van der Waals surface area contributed by atoms with Crippen LogP contribution in [-0.4, -0.2) is 0 Å². The minimum atomic E-state index is 0. The summed E-state index contributed by atoms with van der Waals surface area (Å²) in [6.45, 7) is 8.68. The molecule has 0 nitrogen and oxygen atoms in total. The topological polar surface area (TPSA) is 0 Å². The van der Waals surface area contributed by atoms with Crippen molar-refractivity contribution in [2.75, 3.05) is 0 Å². The van der Waals surface area contributed by atoms with Crippen LogP contribution in [0.1, 0.15) is 52.6 Å². The third kappa shape index (κ3) is 7.28. The Hall–Kier alpha value is -1.98. The van der Waals surface area contributed by atoms with Crippen LogP contribution in [0.25, 0.3) is 11.1 Å². The summed E-state index contributed by atoms with van der Waals surface area (Å²) in [6, 6.07) is 30.3. The zero-order valence-corrected chi connectivity index (χ0v) is 22.4. The van der Waals surface area contributed by atoms with Crippen LogP contribution in [0.4, 0.5) is 0 Å². The van der Waals surface area contributed by atoms with Gasteiger partial charge >= 0.3 is 26.2 Å². The van der Waals surface area contributed by atoms with E-state index in [1.807, 2.05) is 36.4 Å². The van der Waals surface area contributed by atoms with E-state index in [1.165, 1.54) is 63.8 Å². The molecule has 0 aliphatic heterocycles. The van der Waals surface area contributed by atoms with Crippen molar-refractivity contribution < 1.29 is 26.2 Å². The fourth-order valence-corrected chi connectivity index (χ4v) is 3.66. The van der Waals surface area contributed by atoms with E-state index in [0.717, 1.165) is 6.42 Å². The van der Waals surface area contributed by atoms with Crippen LogP contribution in [0.2, 0.25) is 0 Å². The van der Waals surface area contributed by atoms with Gasteiger partial charge in [0.05, 0.1) is 0 Å². The Morgan fingerprint density at radius 1 is 0.750 bits per heavy atom. The molecule has 6 rings (SSSR count). The number of hydrogen-bond acceptors (Lipinski definition) is 0. The number of benzene rings is 2. The molecule has 0 heterocycles. The van der Waals surface area contributed by atoms with E-state index in [-0.39, 0.29) is 26.2 Å². The molecule has 0 N–H and O–H groups in total. The molecular formula is C31H34Zr. The van der Waals surface area contributed by atoms with Crippen molar-refractivity contribution in [3.63, 3.8) is 0 Å². The minimum absolute atomic E-state index is 0. The second-order valence-corrected chi connectivity index (χ2v) is 8.34. The Balaban J connectivity index is 0.000000166. The summed E-state index contributed by atoms with van der Waals surface area (Å²) in [6.07, 6.45) is 7.55. The van der Waals surface area contributed by atoms with E-state index in [4.69, 9.17) is 0 Å². The van der Waals surface area contributed by atoms with Gasteiger partial charge in [-0.1, -0.05) is 63.1 Å². The van der Waals surface area contributed by atoms with Crippen molar-refractivity contribution in [3.8, 4) is 11.1 Å². The van der Waals surface area contributed by atoms with Crippen molar-refractivity contribution in [1.82, 2.24) is 0 Å². The van der Waals surface area contributed by atoms with Crippen molar-refractivity contribution in [3.05, 3.63) is 125 Å². The van der Waals surface area contributed by atoms with Gasteiger partial charge in [-0.15, -0.1) is 12.0 Å². The molecule has 1 saturated carbocycles. The Bertz CT molecular complexity index is 959. The van der Waals surface area contributed by atoms with Gasteiger partial charge in [-0.25, -0.2) is 12.1 Å². The second-order valence-electron chi connectivity index (χ2n) is 8.34. The van der Waals surface area contributed by atoms with Gasteiger partial charge in [-0.3, -0.25) is 0 Å². The third-order valence-electron chi connectivity index (χ3n) is 6.17. The maximum atomic E-state index is 3.30. The van der Waals surface area contributed by atoms with Crippen LogP contribution in [0.5, 0.6) is 0 Å². The largest absolute Gasteiger partial charge is 4.00 e. The fourth-order valence-electron chi connectivity index (χ4n) is 3.66. The van der Waals surface area contributed by atoms with Crippen molar-refractivity contribution in [2.24, 2.45) is 0 Å². The molecule has 0 aromatic heterocycles. The van der Waals surface area contributed by atoms with Gasteiger partial charge in [0.2, 0.25) is 0 Å². The standard InChI is InChI=1S/C13H9.C9H13.C5H5.C4H7.Zr/c1-3-7-12-10(5-1)9-11-6-2-4-8-13(11)12;1-6-5-7(2)9(4)8(6)3;1-2-4-5-3-1;1-2-4-3-1;/h1-5,7-8H,9H2;5H,1-4H3;1-5H;1H,2-4H2;/q4*-1;+4. The van der Waals surface area contributed by atoms with E-state index in [2.05, 4.69) is 82.6 Å². The van der Waals surface area contributed by atoms with E-state index in [1.54, 1.807) is 0 Å². The van der Waals surface area contributed by atoms with Crippen LogP contribution >= 0.6 is 0 Å². The second kappa shape index (κ2) is 13.5. The summed E-state index contributed by atoms with van der Waals surface area (Å²) in [5.41, 5.74) is 11.3. The molecule has 0 unspecified atom stereocenters. The molecular weight excluding hydrogens is 464 g/mol. The maximum Gasteiger partial charge on any atom is 4.00 e. The maximum absolute atomic E-state index is 3.30. The van der Waals surface area contributed by atoms with Crippen molar-refractivity contribution in [2.45, 2.75) is 53.4 Å². The van der Waals surface area contributed by atoms with Crippen LogP contribution in [0.15, 0.2) is 78.9 Å². The summed E-state index contributed by atoms with van der Waals surface area (Å²) in [7, 11) is 0. The molecule has 0 spiro atoms. The van der Waals surface area contributed by atoms with E-state index in [0.29, 0.717) is 0 Å².